The van der Waals surface area contributed by atoms with Crippen molar-refractivity contribution in [1.82, 2.24) is 15.5 Å². The molecule has 2 aromatic heterocycles. The molecule has 0 spiro atoms. The van der Waals surface area contributed by atoms with Crippen LogP contribution in [0.5, 0.6) is 0 Å². The zero-order valence-electron chi connectivity index (χ0n) is 17.8. The first-order valence-corrected chi connectivity index (χ1v) is 10.6. The first-order valence-electron chi connectivity index (χ1n) is 10.6. The SMILES string of the molecule is CCC[NH+](CC(=O)N[C@@H](C)c1cccc2ccccc12)Cc1nnc(-c2ccco2)o1. The van der Waals surface area contributed by atoms with Gasteiger partial charge in [0.15, 0.2) is 18.8 Å². The summed E-state index contributed by atoms with van der Waals surface area (Å²) in [5.74, 6) is 1.38. The fourth-order valence-corrected chi connectivity index (χ4v) is 3.86. The van der Waals surface area contributed by atoms with Gasteiger partial charge in [0.05, 0.1) is 18.8 Å². The van der Waals surface area contributed by atoms with Crippen molar-refractivity contribution in [2.45, 2.75) is 32.9 Å². The maximum Gasteiger partial charge on any atom is 0.283 e. The van der Waals surface area contributed by atoms with Gasteiger partial charge in [0.1, 0.15) is 0 Å². The summed E-state index contributed by atoms with van der Waals surface area (Å²) in [6, 6.07) is 17.9. The number of aromatic nitrogens is 2. The summed E-state index contributed by atoms with van der Waals surface area (Å²) in [5, 5.41) is 13.6. The van der Waals surface area contributed by atoms with E-state index in [1.807, 2.05) is 25.1 Å². The van der Waals surface area contributed by atoms with E-state index >= 15 is 0 Å². The van der Waals surface area contributed by atoms with Crippen LogP contribution in [-0.4, -0.2) is 29.2 Å². The van der Waals surface area contributed by atoms with Crippen molar-refractivity contribution >= 4 is 16.7 Å². The Balaban J connectivity index is 1.40. The van der Waals surface area contributed by atoms with Crippen molar-refractivity contribution in [3.8, 4) is 11.7 Å². The van der Waals surface area contributed by atoms with E-state index in [9.17, 15) is 4.79 Å². The molecule has 2 atom stereocenters. The molecular formula is C24H27N4O3+. The lowest BCUT2D eigenvalue weighted by Crippen LogP contribution is -3.12. The van der Waals surface area contributed by atoms with E-state index in [-0.39, 0.29) is 11.9 Å². The standard InChI is InChI=1S/C24H26N4O3/c1-3-13-28(16-23-26-27-24(31-23)21-12-7-14-30-21)15-22(29)25-17(2)19-11-6-9-18-8-4-5-10-20(18)19/h4-12,14,17H,3,13,15-16H2,1-2H3,(H,25,29)/p+1/t17-/m0/s1. The van der Waals surface area contributed by atoms with Gasteiger partial charge >= 0.3 is 0 Å². The van der Waals surface area contributed by atoms with Crippen LogP contribution >= 0.6 is 0 Å². The predicted octanol–water partition coefficient (Wildman–Crippen LogP) is 3.16. The molecule has 0 aliphatic rings. The zero-order chi connectivity index (χ0) is 21.6. The van der Waals surface area contributed by atoms with Crippen LogP contribution in [0.15, 0.2) is 69.7 Å². The lowest BCUT2D eigenvalue weighted by molar-refractivity contribution is -0.907. The number of carbonyl (C=O) groups excluding carboxylic acids is 1. The number of nitrogens with one attached hydrogen (secondary N) is 2. The molecule has 4 rings (SSSR count). The van der Waals surface area contributed by atoms with Crippen molar-refractivity contribution in [3.63, 3.8) is 0 Å². The van der Waals surface area contributed by atoms with Crippen molar-refractivity contribution in [2.75, 3.05) is 13.1 Å². The Morgan fingerprint density at radius 1 is 1.10 bits per heavy atom. The molecule has 0 radical (unpaired) electrons. The summed E-state index contributed by atoms with van der Waals surface area (Å²) in [6.45, 7) is 5.76. The molecule has 7 heteroatoms. The molecule has 0 saturated heterocycles. The van der Waals surface area contributed by atoms with Crippen molar-refractivity contribution in [1.29, 1.82) is 0 Å². The zero-order valence-corrected chi connectivity index (χ0v) is 17.8. The van der Waals surface area contributed by atoms with E-state index in [2.05, 4.69) is 46.7 Å². The third kappa shape index (κ3) is 5.00. The molecule has 160 valence electrons. The minimum Gasteiger partial charge on any atom is -0.459 e. The lowest BCUT2D eigenvalue weighted by atomic mass is 10.00. The van der Waals surface area contributed by atoms with E-state index in [0.29, 0.717) is 30.6 Å². The Morgan fingerprint density at radius 2 is 1.94 bits per heavy atom. The average Bonchev–Trinajstić information content (AvgIpc) is 3.45. The van der Waals surface area contributed by atoms with Crippen LogP contribution < -0.4 is 10.2 Å². The van der Waals surface area contributed by atoms with Gasteiger partial charge in [0.25, 0.3) is 17.7 Å². The number of benzene rings is 2. The summed E-state index contributed by atoms with van der Waals surface area (Å²) in [7, 11) is 0. The number of carbonyl (C=O) groups is 1. The van der Waals surface area contributed by atoms with Crippen molar-refractivity contribution in [2.24, 2.45) is 0 Å². The second-order valence-corrected chi connectivity index (χ2v) is 7.69. The average molecular weight is 420 g/mol. The number of hydrogen-bond acceptors (Lipinski definition) is 5. The summed E-state index contributed by atoms with van der Waals surface area (Å²) >= 11 is 0. The highest BCUT2D eigenvalue weighted by atomic mass is 16.4. The Bertz CT molecular complexity index is 1130. The maximum atomic E-state index is 12.8. The monoisotopic (exact) mass is 419 g/mol. The van der Waals surface area contributed by atoms with Crippen LogP contribution in [0.1, 0.15) is 37.8 Å². The van der Waals surface area contributed by atoms with Gasteiger partial charge < -0.3 is 19.1 Å². The molecule has 31 heavy (non-hydrogen) atoms. The van der Waals surface area contributed by atoms with Gasteiger partial charge in [-0.25, -0.2) is 0 Å². The minimum atomic E-state index is -0.0876. The third-order valence-corrected chi connectivity index (χ3v) is 5.28. The van der Waals surface area contributed by atoms with Gasteiger partial charge in [-0.15, -0.1) is 10.2 Å². The van der Waals surface area contributed by atoms with E-state index < -0.39 is 0 Å². The molecule has 2 N–H and O–H groups in total. The van der Waals surface area contributed by atoms with E-state index in [4.69, 9.17) is 8.83 Å². The van der Waals surface area contributed by atoms with Gasteiger partial charge in [-0.3, -0.25) is 4.79 Å². The van der Waals surface area contributed by atoms with Crippen molar-refractivity contribution in [3.05, 3.63) is 72.3 Å². The van der Waals surface area contributed by atoms with Crippen LogP contribution in [-0.2, 0) is 11.3 Å². The second-order valence-electron chi connectivity index (χ2n) is 7.69. The fourth-order valence-electron chi connectivity index (χ4n) is 3.86. The van der Waals surface area contributed by atoms with Crippen LogP contribution in [0.4, 0.5) is 0 Å². The number of furan rings is 1. The van der Waals surface area contributed by atoms with Gasteiger partial charge in [-0.2, -0.15) is 0 Å². The van der Waals surface area contributed by atoms with Gasteiger partial charge in [-0.05, 0) is 41.8 Å². The maximum absolute atomic E-state index is 12.8. The summed E-state index contributed by atoms with van der Waals surface area (Å²) in [5.41, 5.74) is 1.11. The normalized spacial score (nSPS) is 13.2. The first kappa shape index (κ1) is 20.8. The van der Waals surface area contributed by atoms with E-state index in [1.54, 1.807) is 18.4 Å². The minimum absolute atomic E-state index is 0.00495. The summed E-state index contributed by atoms with van der Waals surface area (Å²) in [4.78, 5) is 13.9. The molecule has 0 saturated carbocycles. The summed E-state index contributed by atoms with van der Waals surface area (Å²) in [6.07, 6.45) is 2.51. The Morgan fingerprint density at radius 3 is 2.74 bits per heavy atom. The number of nitrogens with zero attached hydrogens (tertiary/aromatic N) is 2. The van der Waals surface area contributed by atoms with Gasteiger partial charge in [0, 0.05) is 0 Å². The highest BCUT2D eigenvalue weighted by molar-refractivity contribution is 5.87. The quantitative estimate of drug-likeness (QED) is 0.435. The topological polar surface area (TPSA) is 85.6 Å². The van der Waals surface area contributed by atoms with Crippen LogP contribution in [0.2, 0.25) is 0 Å². The molecule has 0 aliphatic heterocycles. The van der Waals surface area contributed by atoms with Crippen LogP contribution in [0.3, 0.4) is 0 Å². The molecule has 4 aromatic rings. The Hall–Kier alpha value is -3.45. The molecule has 7 nitrogen and oxygen atoms in total. The molecule has 0 fully saturated rings. The van der Waals surface area contributed by atoms with Crippen molar-refractivity contribution < 1.29 is 18.5 Å². The first-order chi connectivity index (χ1) is 15.1. The highest BCUT2D eigenvalue weighted by Gasteiger charge is 2.21. The highest BCUT2D eigenvalue weighted by Crippen LogP contribution is 2.24. The largest absolute Gasteiger partial charge is 0.459 e. The third-order valence-electron chi connectivity index (χ3n) is 5.28. The van der Waals surface area contributed by atoms with Gasteiger partial charge in [0.2, 0.25) is 0 Å². The van der Waals surface area contributed by atoms with E-state index in [0.717, 1.165) is 28.8 Å². The Labute approximate surface area is 181 Å². The van der Waals surface area contributed by atoms with Gasteiger partial charge in [-0.1, -0.05) is 49.4 Å². The molecular weight excluding hydrogens is 392 g/mol. The second kappa shape index (κ2) is 9.57. The molecule has 1 amide bonds. The Kier molecular flexibility index (Phi) is 6.43. The van der Waals surface area contributed by atoms with E-state index in [1.165, 1.54) is 5.39 Å². The molecule has 2 aromatic carbocycles. The van der Waals surface area contributed by atoms with Crippen LogP contribution in [0, 0.1) is 0 Å². The predicted molar refractivity (Wildman–Crippen MR) is 117 cm³/mol. The number of fused-ring (bicyclic) bond motifs is 1. The van der Waals surface area contributed by atoms with Crippen LogP contribution in [0.25, 0.3) is 22.4 Å². The number of hydrogen-bond donors (Lipinski definition) is 2. The molecule has 0 aliphatic carbocycles. The fraction of sp³-hybridized carbons (Fsp3) is 0.292. The molecule has 0 bridgehead atoms. The molecule has 1 unspecified atom stereocenters. The molecule has 2 heterocycles. The summed E-state index contributed by atoms with van der Waals surface area (Å²) < 4.78 is 11.0. The number of rotatable bonds is 9. The smallest absolute Gasteiger partial charge is 0.283 e. The number of quaternary nitrogens is 1. The number of amides is 1. The lowest BCUT2D eigenvalue weighted by Gasteiger charge is -2.20.